The molecule has 0 amide bonds. The van der Waals surface area contributed by atoms with Gasteiger partial charge in [-0.1, -0.05) is 6.58 Å². The fraction of sp³-hybridized carbons (Fsp3) is 0.571. The van der Waals surface area contributed by atoms with E-state index >= 15 is 0 Å². The largest absolute Gasteiger partial charge is 0.272 e. The molecule has 0 fully saturated rings. The molecule has 0 N–H and O–H groups in total. The Labute approximate surface area is 64.7 Å². The highest BCUT2D eigenvalue weighted by Gasteiger charge is 2.08. The van der Waals surface area contributed by atoms with Gasteiger partial charge in [0.2, 0.25) is 0 Å². The van der Waals surface area contributed by atoms with Gasteiger partial charge >= 0.3 is 0 Å². The summed E-state index contributed by atoms with van der Waals surface area (Å²) < 4.78 is 4.32. The lowest BCUT2D eigenvalue weighted by atomic mass is 11.0. The van der Waals surface area contributed by atoms with Crippen molar-refractivity contribution in [3.63, 3.8) is 0 Å². The Kier molecular flexibility index (Phi) is 4.59. The molecule has 0 heterocycles. The van der Waals surface area contributed by atoms with Crippen molar-refractivity contribution in [1.82, 2.24) is 9.34 Å². The summed E-state index contributed by atoms with van der Waals surface area (Å²) in [6.45, 7) is 3.55. The van der Waals surface area contributed by atoms with Gasteiger partial charge < -0.3 is 0 Å². The zero-order valence-corrected chi connectivity index (χ0v) is 8.02. The fourth-order valence-corrected chi connectivity index (χ4v) is 2.01. The van der Waals surface area contributed by atoms with Crippen LogP contribution in [0.3, 0.4) is 0 Å². The molecule has 0 rings (SSSR count). The summed E-state index contributed by atoms with van der Waals surface area (Å²) >= 11 is 0. The second-order valence-corrected chi connectivity index (χ2v) is 4.85. The summed E-state index contributed by atoms with van der Waals surface area (Å²) in [5.74, 6) is 2.00. The van der Waals surface area contributed by atoms with Crippen LogP contribution in [0.4, 0.5) is 0 Å². The van der Waals surface area contributed by atoms with Gasteiger partial charge in [-0.3, -0.25) is 9.34 Å². The van der Waals surface area contributed by atoms with Crippen LogP contribution in [0.5, 0.6) is 0 Å². The molecule has 0 saturated carbocycles. The first-order valence-corrected chi connectivity index (χ1v) is 4.41. The maximum Gasteiger partial charge on any atom is 0.0718 e. The number of rotatable bonds is 3. The molecule has 0 spiro atoms. The lowest BCUT2D eigenvalue weighted by Gasteiger charge is -2.25. The van der Waals surface area contributed by atoms with Gasteiger partial charge in [0.05, 0.1) is 8.22 Å². The van der Waals surface area contributed by atoms with E-state index in [2.05, 4.69) is 49.8 Å². The van der Waals surface area contributed by atoms with Gasteiger partial charge in [0.15, 0.2) is 0 Å². The van der Waals surface area contributed by atoms with Crippen LogP contribution in [0.1, 0.15) is 0 Å². The second kappa shape index (κ2) is 4.65. The standard InChI is InChI=1S/C7H15N2P/c1-6-7-10(8(2)3)9(4)5/h7H,1H2,2-5H3. The maximum absolute atomic E-state index is 3.55. The minimum absolute atomic E-state index is 0.311. The van der Waals surface area contributed by atoms with Crippen molar-refractivity contribution in [2.75, 3.05) is 28.2 Å². The zero-order valence-electron chi connectivity index (χ0n) is 7.13. The van der Waals surface area contributed by atoms with E-state index in [1.54, 1.807) is 0 Å². The first-order valence-electron chi connectivity index (χ1n) is 3.09. The lowest BCUT2D eigenvalue weighted by molar-refractivity contribution is 0.583. The third-order valence-corrected chi connectivity index (χ3v) is 3.08. The summed E-state index contributed by atoms with van der Waals surface area (Å²) in [5, 5.41) is 0. The highest BCUT2D eigenvalue weighted by molar-refractivity contribution is 7.55. The third-order valence-electron chi connectivity index (χ3n) is 1.03. The Bertz CT molecular complexity index is 129. The molecule has 0 aliphatic carbocycles. The van der Waals surface area contributed by atoms with E-state index in [0.29, 0.717) is 0 Å². The van der Waals surface area contributed by atoms with Gasteiger partial charge in [-0.2, -0.15) is 0 Å². The monoisotopic (exact) mass is 158 g/mol. The van der Waals surface area contributed by atoms with Crippen LogP contribution in [0.2, 0.25) is 0 Å². The Hall–Kier alpha value is -0.130. The third kappa shape index (κ3) is 3.14. The van der Waals surface area contributed by atoms with Crippen molar-refractivity contribution in [3.8, 4) is 0 Å². The molecule has 0 radical (unpaired) electrons. The predicted molar refractivity (Wildman–Crippen MR) is 48.0 cm³/mol. The summed E-state index contributed by atoms with van der Waals surface area (Å²) in [7, 11) is 7.91. The van der Waals surface area contributed by atoms with Crippen molar-refractivity contribution in [2.45, 2.75) is 0 Å². The summed E-state index contributed by atoms with van der Waals surface area (Å²) in [6, 6.07) is 0. The van der Waals surface area contributed by atoms with E-state index in [1.165, 1.54) is 0 Å². The number of nitrogens with zero attached hydrogens (tertiary/aromatic N) is 2. The molecule has 3 heteroatoms. The second-order valence-electron chi connectivity index (χ2n) is 2.35. The van der Waals surface area contributed by atoms with Gasteiger partial charge in [0, 0.05) is 5.82 Å². The van der Waals surface area contributed by atoms with Gasteiger partial charge in [-0.05, 0) is 28.2 Å². The molecule has 0 unspecified atom stereocenters. The SMILES string of the molecule is C=C=CP(N(C)C)N(C)C. The molecular formula is C7H15N2P. The Morgan fingerprint density at radius 2 is 1.60 bits per heavy atom. The summed E-state index contributed by atoms with van der Waals surface area (Å²) in [6.07, 6.45) is 0. The molecule has 58 valence electrons. The van der Waals surface area contributed by atoms with E-state index in [4.69, 9.17) is 0 Å². The number of hydrogen-bond acceptors (Lipinski definition) is 2. The Morgan fingerprint density at radius 1 is 1.20 bits per heavy atom. The zero-order chi connectivity index (χ0) is 8.15. The average Bonchev–Trinajstić information content (AvgIpc) is 1.81. The molecule has 0 aliphatic rings. The van der Waals surface area contributed by atoms with Crippen LogP contribution >= 0.6 is 8.22 Å². The predicted octanol–water partition coefficient (Wildman–Crippen LogP) is 1.72. The van der Waals surface area contributed by atoms with Crippen LogP contribution in [-0.4, -0.2) is 37.5 Å². The summed E-state index contributed by atoms with van der Waals surface area (Å²) in [4.78, 5) is 0. The molecule has 0 aromatic rings. The van der Waals surface area contributed by atoms with Gasteiger partial charge in [-0.15, -0.1) is 5.73 Å². The van der Waals surface area contributed by atoms with Crippen LogP contribution < -0.4 is 0 Å². The van der Waals surface area contributed by atoms with E-state index < -0.39 is 0 Å². The average molecular weight is 158 g/mol. The lowest BCUT2D eigenvalue weighted by Crippen LogP contribution is -2.14. The first-order chi connectivity index (χ1) is 4.59. The molecule has 0 bridgehead atoms. The minimum atomic E-state index is -0.311. The molecule has 0 aromatic carbocycles. The van der Waals surface area contributed by atoms with Crippen LogP contribution in [0.25, 0.3) is 0 Å². The van der Waals surface area contributed by atoms with Gasteiger partial charge in [0.1, 0.15) is 0 Å². The Morgan fingerprint density at radius 3 is 1.70 bits per heavy atom. The smallest absolute Gasteiger partial charge is 0.0718 e. The molecule has 10 heavy (non-hydrogen) atoms. The molecule has 0 saturated heterocycles. The molecule has 0 aromatic heterocycles. The maximum atomic E-state index is 3.55. The molecule has 0 atom stereocenters. The Balaban J connectivity index is 4.11. The molecule has 2 nitrogen and oxygen atoms in total. The van der Waals surface area contributed by atoms with E-state index in [9.17, 15) is 0 Å². The molecule has 0 aliphatic heterocycles. The van der Waals surface area contributed by atoms with Crippen LogP contribution in [0.15, 0.2) is 18.1 Å². The van der Waals surface area contributed by atoms with E-state index in [1.807, 2.05) is 5.82 Å². The van der Waals surface area contributed by atoms with Crippen molar-refractivity contribution < 1.29 is 0 Å². The van der Waals surface area contributed by atoms with Crippen molar-refractivity contribution >= 4 is 8.22 Å². The van der Waals surface area contributed by atoms with Crippen molar-refractivity contribution in [3.05, 3.63) is 18.1 Å². The fourth-order valence-electron chi connectivity index (χ4n) is 0.670. The highest BCUT2D eigenvalue weighted by Crippen LogP contribution is 2.40. The molecular weight excluding hydrogens is 143 g/mol. The first kappa shape index (κ1) is 9.87. The van der Waals surface area contributed by atoms with Crippen molar-refractivity contribution in [1.29, 1.82) is 0 Å². The van der Waals surface area contributed by atoms with Crippen molar-refractivity contribution in [2.24, 2.45) is 0 Å². The van der Waals surface area contributed by atoms with Crippen LogP contribution in [-0.2, 0) is 0 Å². The number of hydrogen-bond donors (Lipinski definition) is 0. The van der Waals surface area contributed by atoms with Gasteiger partial charge in [0.25, 0.3) is 0 Å². The quantitative estimate of drug-likeness (QED) is 0.456. The van der Waals surface area contributed by atoms with E-state index in [-0.39, 0.29) is 8.22 Å². The van der Waals surface area contributed by atoms with Crippen LogP contribution in [0, 0.1) is 0 Å². The summed E-state index contributed by atoms with van der Waals surface area (Å²) in [5.41, 5.74) is 2.80. The minimum Gasteiger partial charge on any atom is -0.272 e. The van der Waals surface area contributed by atoms with E-state index in [0.717, 1.165) is 0 Å². The highest BCUT2D eigenvalue weighted by atomic mass is 31.1. The normalized spacial score (nSPS) is 10.7. The topological polar surface area (TPSA) is 6.48 Å². The van der Waals surface area contributed by atoms with Gasteiger partial charge in [-0.25, -0.2) is 0 Å².